The molecular formula is C17H22ClN5O4S. The molecule has 3 N–H and O–H groups in total. The zero-order valence-electron chi connectivity index (χ0n) is 15.9. The lowest BCUT2D eigenvalue weighted by Gasteiger charge is -2.22. The van der Waals surface area contributed by atoms with E-state index in [1.807, 2.05) is 0 Å². The van der Waals surface area contributed by atoms with Crippen LogP contribution in [-0.2, 0) is 19.6 Å². The number of guanidine groups is 1. The van der Waals surface area contributed by atoms with Crippen molar-refractivity contribution < 1.29 is 17.9 Å². The number of aromatic nitrogens is 1. The van der Waals surface area contributed by atoms with Gasteiger partial charge in [-0.05, 0) is 32.9 Å². The number of carbonyl (C=O) groups is 1. The van der Waals surface area contributed by atoms with Gasteiger partial charge in [-0.15, -0.1) is 0 Å². The lowest BCUT2D eigenvalue weighted by molar-refractivity contribution is -0.154. The highest BCUT2D eigenvalue weighted by molar-refractivity contribution is 7.89. The summed E-state index contributed by atoms with van der Waals surface area (Å²) in [5.74, 6) is -1.05. The summed E-state index contributed by atoms with van der Waals surface area (Å²) >= 11 is 5.98. The summed E-state index contributed by atoms with van der Waals surface area (Å²) in [7, 11) is -2.64. The third kappa shape index (κ3) is 4.89. The Morgan fingerprint density at radius 2 is 1.96 bits per heavy atom. The number of sulfonamides is 1. The summed E-state index contributed by atoms with van der Waals surface area (Å²) in [6.07, 6.45) is 2.89. The number of hydrogen-bond acceptors (Lipinski definition) is 6. The fraction of sp³-hybridized carbons (Fsp3) is 0.353. The number of esters is 1. The van der Waals surface area contributed by atoms with Crippen molar-refractivity contribution in [2.45, 2.75) is 31.3 Å². The van der Waals surface area contributed by atoms with Crippen LogP contribution in [0.15, 0.2) is 35.5 Å². The molecule has 152 valence electrons. The standard InChI is InChI=1S/C17H22ClN5O4S/c1-17(2,3)27-15(24)10-22(4)28(25,26)12-5-6-13-11(7-12)8-21-9-14(13)23(18)16(19)20/h5-9H,10H2,1-4H3,(H3,19,20). The van der Waals surface area contributed by atoms with E-state index in [2.05, 4.69) is 4.98 Å². The maximum atomic E-state index is 12.8. The molecule has 0 amide bonds. The van der Waals surface area contributed by atoms with Crippen molar-refractivity contribution in [3.63, 3.8) is 0 Å². The highest BCUT2D eigenvalue weighted by Crippen LogP contribution is 2.29. The van der Waals surface area contributed by atoms with Crippen molar-refractivity contribution in [3.05, 3.63) is 30.6 Å². The zero-order chi connectivity index (χ0) is 21.3. The molecular weight excluding hydrogens is 406 g/mol. The molecule has 28 heavy (non-hydrogen) atoms. The average Bonchev–Trinajstić information content (AvgIpc) is 2.58. The molecule has 2 rings (SSSR count). The van der Waals surface area contributed by atoms with Gasteiger partial charge in [0.2, 0.25) is 16.0 Å². The van der Waals surface area contributed by atoms with Crippen molar-refractivity contribution in [1.29, 1.82) is 5.41 Å². The van der Waals surface area contributed by atoms with Crippen LogP contribution in [0, 0.1) is 5.41 Å². The monoisotopic (exact) mass is 427 g/mol. The summed E-state index contributed by atoms with van der Waals surface area (Å²) in [5, 5.41) is 8.48. The quantitative estimate of drug-likeness (QED) is 0.323. The molecule has 0 radical (unpaired) electrons. The molecule has 0 saturated heterocycles. The number of pyridine rings is 1. The molecule has 0 aliphatic rings. The molecule has 0 spiro atoms. The number of carbonyl (C=O) groups excluding carboxylic acids is 1. The van der Waals surface area contributed by atoms with Gasteiger partial charge in [-0.1, -0.05) is 6.07 Å². The number of ether oxygens (including phenoxy) is 1. The van der Waals surface area contributed by atoms with Crippen LogP contribution in [0.4, 0.5) is 5.69 Å². The van der Waals surface area contributed by atoms with E-state index in [1.165, 1.54) is 31.6 Å². The molecule has 1 aromatic carbocycles. The molecule has 0 saturated carbocycles. The fourth-order valence-corrected chi connectivity index (χ4v) is 3.69. The molecule has 1 heterocycles. The van der Waals surface area contributed by atoms with E-state index >= 15 is 0 Å². The molecule has 9 nitrogen and oxygen atoms in total. The van der Waals surface area contributed by atoms with Gasteiger partial charge in [0.25, 0.3) is 0 Å². The van der Waals surface area contributed by atoms with E-state index < -0.39 is 34.1 Å². The first-order valence-corrected chi connectivity index (χ1v) is 9.96. The van der Waals surface area contributed by atoms with Gasteiger partial charge in [-0.25, -0.2) is 12.8 Å². The third-order valence-electron chi connectivity index (χ3n) is 3.61. The van der Waals surface area contributed by atoms with Gasteiger partial charge in [0.1, 0.15) is 12.1 Å². The first-order valence-electron chi connectivity index (χ1n) is 8.19. The van der Waals surface area contributed by atoms with E-state index in [4.69, 9.17) is 27.7 Å². The Kier molecular flexibility index (Phi) is 6.17. The number of nitrogens with two attached hydrogens (primary N) is 1. The minimum Gasteiger partial charge on any atom is -0.459 e. The Hall–Kier alpha value is -2.43. The topological polar surface area (TPSA) is 130 Å². The number of benzene rings is 1. The number of likely N-dealkylation sites (N-methyl/N-ethyl adjacent to an activating group) is 1. The number of anilines is 1. The van der Waals surface area contributed by atoms with Gasteiger partial charge in [-0.2, -0.15) is 4.31 Å². The van der Waals surface area contributed by atoms with Crippen molar-refractivity contribution in [3.8, 4) is 0 Å². The first kappa shape index (κ1) is 21.9. The van der Waals surface area contributed by atoms with E-state index in [-0.39, 0.29) is 4.90 Å². The number of halogens is 1. The smallest absolute Gasteiger partial charge is 0.321 e. The van der Waals surface area contributed by atoms with Gasteiger partial charge >= 0.3 is 5.97 Å². The lowest BCUT2D eigenvalue weighted by atomic mass is 10.1. The van der Waals surface area contributed by atoms with Crippen LogP contribution >= 0.6 is 11.8 Å². The number of hydrogen-bond donors (Lipinski definition) is 2. The summed E-state index contributed by atoms with van der Waals surface area (Å²) in [5.41, 5.74) is 5.02. The van der Waals surface area contributed by atoms with Crippen LogP contribution in [0.1, 0.15) is 20.8 Å². The third-order valence-corrected chi connectivity index (χ3v) is 5.78. The molecule has 2 aromatic rings. The molecule has 0 aliphatic carbocycles. The Morgan fingerprint density at radius 1 is 1.32 bits per heavy atom. The van der Waals surface area contributed by atoms with Crippen LogP contribution in [0.3, 0.4) is 0 Å². The Balaban J connectivity index is 2.36. The first-order chi connectivity index (χ1) is 12.8. The maximum absolute atomic E-state index is 12.8. The van der Waals surface area contributed by atoms with E-state index in [0.717, 1.165) is 8.72 Å². The van der Waals surface area contributed by atoms with Crippen molar-refractivity contribution in [1.82, 2.24) is 9.29 Å². The second-order valence-corrected chi connectivity index (χ2v) is 9.44. The van der Waals surface area contributed by atoms with Crippen LogP contribution in [0.5, 0.6) is 0 Å². The molecule has 1 aromatic heterocycles. The normalized spacial score (nSPS) is 12.2. The molecule has 11 heteroatoms. The lowest BCUT2D eigenvalue weighted by Crippen LogP contribution is -2.36. The van der Waals surface area contributed by atoms with Gasteiger partial charge in [0.05, 0.1) is 16.8 Å². The highest BCUT2D eigenvalue weighted by atomic mass is 35.5. The summed E-state index contributed by atoms with van der Waals surface area (Å²) in [6.45, 7) is 4.69. The van der Waals surface area contributed by atoms with E-state index in [1.54, 1.807) is 26.8 Å². The molecule has 0 aliphatic heterocycles. The largest absolute Gasteiger partial charge is 0.459 e. The summed E-state index contributed by atoms with van der Waals surface area (Å²) in [4.78, 5) is 15.9. The van der Waals surface area contributed by atoms with Crippen molar-refractivity contribution in [2.24, 2.45) is 5.73 Å². The number of fused-ring (bicyclic) bond motifs is 1. The van der Waals surface area contributed by atoms with Crippen molar-refractivity contribution in [2.75, 3.05) is 18.0 Å². The Morgan fingerprint density at radius 3 is 2.54 bits per heavy atom. The molecule has 0 atom stereocenters. The zero-order valence-corrected chi connectivity index (χ0v) is 17.5. The van der Waals surface area contributed by atoms with Crippen LogP contribution in [0.25, 0.3) is 10.8 Å². The van der Waals surface area contributed by atoms with E-state index in [9.17, 15) is 13.2 Å². The van der Waals surface area contributed by atoms with Crippen LogP contribution in [0.2, 0.25) is 0 Å². The second-order valence-electron chi connectivity index (χ2n) is 7.06. The van der Waals surface area contributed by atoms with Gasteiger partial charge in [0, 0.05) is 35.8 Å². The fourth-order valence-electron chi connectivity index (χ4n) is 2.41. The number of nitrogens with zero attached hydrogens (tertiary/aromatic N) is 3. The second kappa shape index (κ2) is 7.90. The molecule has 0 bridgehead atoms. The highest BCUT2D eigenvalue weighted by Gasteiger charge is 2.26. The van der Waals surface area contributed by atoms with Crippen LogP contribution in [-0.4, -0.2) is 48.8 Å². The van der Waals surface area contributed by atoms with Gasteiger partial charge in [0.15, 0.2) is 0 Å². The number of rotatable bonds is 5. The predicted octanol–water partition coefficient (Wildman–Crippen LogP) is 2.05. The Bertz CT molecular complexity index is 1020. The molecule has 0 fully saturated rings. The average molecular weight is 428 g/mol. The Labute approximate surface area is 168 Å². The summed E-state index contributed by atoms with van der Waals surface area (Å²) in [6, 6.07) is 4.34. The predicted molar refractivity (Wildman–Crippen MR) is 108 cm³/mol. The summed E-state index contributed by atoms with van der Waals surface area (Å²) < 4.78 is 32.6. The maximum Gasteiger partial charge on any atom is 0.321 e. The number of nitrogens with one attached hydrogen (secondary N) is 1. The van der Waals surface area contributed by atoms with Gasteiger partial charge in [-0.3, -0.25) is 15.2 Å². The SMILES string of the molecule is CN(CC(=O)OC(C)(C)C)S(=O)(=O)c1ccc2c(N(Cl)C(=N)N)cncc2c1. The van der Waals surface area contributed by atoms with Crippen molar-refractivity contribution >= 4 is 50.2 Å². The minimum atomic E-state index is -3.94. The minimum absolute atomic E-state index is 0.0195. The van der Waals surface area contributed by atoms with Crippen LogP contribution < -0.4 is 10.2 Å². The molecule has 0 unspecified atom stereocenters. The van der Waals surface area contributed by atoms with E-state index in [0.29, 0.717) is 16.5 Å². The van der Waals surface area contributed by atoms with Gasteiger partial charge < -0.3 is 10.5 Å².